The SMILES string of the molecule is CCOCCCN(CC(F)(F)F)C(=O)c1cc(N)c(C)s1. The van der Waals surface area contributed by atoms with Crippen LogP contribution in [0.3, 0.4) is 0 Å². The highest BCUT2D eigenvalue weighted by Gasteiger charge is 2.33. The third-order valence-electron chi connectivity index (χ3n) is 2.75. The number of hydrogen-bond donors (Lipinski definition) is 1. The summed E-state index contributed by atoms with van der Waals surface area (Å²) in [6.45, 7) is 3.07. The number of carbonyl (C=O) groups excluding carboxylic acids is 1. The molecule has 0 fully saturated rings. The lowest BCUT2D eigenvalue weighted by Crippen LogP contribution is -2.39. The molecule has 21 heavy (non-hydrogen) atoms. The summed E-state index contributed by atoms with van der Waals surface area (Å²) in [5, 5.41) is 0. The number of nitrogens with two attached hydrogens (primary N) is 1. The highest BCUT2D eigenvalue weighted by atomic mass is 32.1. The molecule has 0 aliphatic carbocycles. The van der Waals surface area contributed by atoms with Crippen molar-refractivity contribution >= 4 is 22.9 Å². The van der Waals surface area contributed by atoms with Crippen molar-refractivity contribution in [3.05, 3.63) is 15.8 Å². The van der Waals surface area contributed by atoms with Crippen molar-refractivity contribution in [3.63, 3.8) is 0 Å². The number of nitrogens with zero attached hydrogens (tertiary/aromatic N) is 1. The van der Waals surface area contributed by atoms with Gasteiger partial charge < -0.3 is 15.4 Å². The lowest BCUT2D eigenvalue weighted by Gasteiger charge is -2.23. The molecule has 0 radical (unpaired) electrons. The summed E-state index contributed by atoms with van der Waals surface area (Å²) >= 11 is 1.11. The van der Waals surface area contributed by atoms with Gasteiger partial charge in [-0.2, -0.15) is 13.2 Å². The molecule has 0 aromatic carbocycles. The number of carbonyl (C=O) groups is 1. The standard InChI is InChI=1S/C13H19F3N2O2S/c1-3-20-6-4-5-18(8-13(14,15)16)12(19)11-7-10(17)9(2)21-11/h7H,3-6,8,17H2,1-2H3. The number of hydrogen-bond acceptors (Lipinski definition) is 4. The van der Waals surface area contributed by atoms with Gasteiger partial charge in [-0.25, -0.2) is 0 Å². The van der Waals surface area contributed by atoms with Crippen molar-refractivity contribution in [2.75, 3.05) is 32.0 Å². The van der Waals surface area contributed by atoms with E-state index in [-0.39, 0.29) is 11.4 Å². The molecule has 8 heteroatoms. The van der Waals surface area contributed by atoms with E-state index in [1.165, 1.54) is 6.07 Å². The molecule has 1 heterocycles. The van der Waals surface area contributed by atoms with E-state index in [0.717, 1.165) is 21.1 Å². The van der Waals surface area contributed by atoms with E-state index in [4.69, 9.17) is 10.5 Å². The number of alkyl halides is 3. The van der Waals surface area contributed by atoms with Gasteiger partial charge in [0.25, 0.3) is 5.91 Å². The second kappa shape index (κ2) is 7.65. The Balaban J connectivity index is 2.76. The Hall–Kier alpha value is -1.28. The minimum absolute atomic E-state index is 0.00477. The van der Waals surface area contributed by atoms with E-state index < -0.39 is 18.6 Å². The number of ether oxygens (including phenoxy) is 1. The van der Waals surface area contributed by atoms with Crippen LogP contribution in [0.5, 0.6) is 0 Å². The van der Waals surface area contributed by atoms with Crippen LogP contribution in [0.1, 0.15) is 27.9 Å². The van der Waals surface area contributed by atoms with Crippen molar-refractivity contribution in [1.29, 1.82) is 0 Å². The summed E-state index contributed by atoms with van der Waals surface area (Å²) in [4.78, 5) is 13.9. The second-order valence-corrected chi connectivity index (χ2v) is 5.77. The Labute approximate surface area is 125 Å². The average molecular weight is 324 g/mol. The molecule has 0 saturated carbocycles. The molecular weight excluding hydrogens is 305 g/mol. The third kappa shape index (κ3) is 5.92. The number of amides is 1. The largest absolute Gasteiger partial charge is 0.406 e. The zero-order valence-electron chi connectivity index (χ0n) is 12.0. The Morgan fingerprint density at radius 2 is 2.14 bits per heavy atom. The predicted octanol–water partition coefficient (Wildman–Crippen LogP) is 3.07. The third-order valence-corrected chi connectivity index (χ3v) is 3.80. The topological polar surface area (TPSA) is 55.6 Å². The number of rotatable bonds is 7. The summed E-state index contributed by atoms with van der Waals surface area (Å²) in [5.74, 6) is -0.645. The van der Waals surface area contributed by atoms with Gasteiger partial charge in [-0.3, -0.25) is 4.79 Å². The summed E-state index contributed by atoms with van der Waals surface area (Å²) in [6.07, 6.45) is -4.07. The summed E-state index contributed by atoms with van der Waals surface area (Å²) in [6, 6.07) is 1.42. The van der Waals surface area contributed by atoms with Crippen LogP contribution in [0.4, 0.5) is 18.9 Å². The van der Waals surface area contributed by atoms with E-state index in [1.807, 2.05) is 0 Å². The maximum Gasteiger partial charge on any atom is 0.406 e. The van der Waals surface area contributed by atoms with E-state index >= 15 is 0 Å². The molecule has 0 spiro atoms. The molecule has 1 rings (SSSR count). The lowest BCUT2D eigenvalue weighted by molar-refractivity contribution is -0.141. The Morgan fingerprint density at radius 1 is 1.48 bits per heavy atom. The average Bonchev–Trinajstić information content (AvgIpc) is 2.71. The summed E-state index contributed by atoms with van der Waals surface area (Å²) in [7, 11) is 0. The molecule has 1 aromatic heterocycles. The molecule has 0 atom stereocenters. The normalized spacial score (nSPS) is 11.7. The molecule has 1 aromatic rings. The van der Waals surface area contributed by atoms with Crippen molar-refractivity contribution in [2.24, 2.45) is 0 Å². The molecule has 0 aliphatic heterocycles. The first-order valence-electron chi connectivity index (χ1n) is 6.54. The predicted molar refractivity (Wildman–Crippen MR) is 76.5 cm³/mol. The van der Waals surface area contributed by atoms with Gasteiger partial charge >= 0.3 is 6.18 Å². The molecule has 0 aliphatic rings. The van der Waals surface area contributed by atoms with Gasteiger partial charge in [-0.05, 0) is 26.3 Å². The van der Waals surface area contributed by atoms with Crippen LogP contribution in [0.15, 0.2) is 6.07 Å². The van der Waals surface area contributed by atoms with Crippen molar-refractivity contribution < 1.29 is 22.7 Å². The maximum absolute atomic E-state index is 12.6. The van der Waals surface area contributed by atoms with E-state index in [0.29, 0.717) is 25.3 Å². The molecule has 120 valence electrons. The van der Waals surface area contributed by atoms with Crippen LogP contribution < -0.4 is 5.73 Å². The molecule has 0 saturated heterocycles. The quantitative estimate of drug-likeness (QED) is 0.784. The summed E-state index contributed by atoms with van der Waals surface area (Å²) < 4.78 is 42.9. The molecule has 4 nitrogen and oxygen atoms in total. The fraction of sp³-hybridized carbons (Fsp3) is 0.615. The van der Waals surface area contributed by atoms with Crippen LogP contribution in [0.25, 0.3) is 0 Å². The van der Waals surface area contributed by atoms with E-state index in [1.54, 1.807) is 13.8 Å². The minimum atomic E-state index is -4.43. The first-order valence-corrected chi connectivity index (χ1v) is 7.36. The number of nitrogen functional groups attached to an aromatic ring is 1. The van der Waals surface area contributed by atoms with Gasteiger partial charge in [-0.1, -0.05) is 0 Å². The van der Waals surface area contributed by atoms with Crippen LogP contribution in [0.2, 0.25) is 0 Å². The molecular formula is C13H19F3N2O2S. The monoisotopic (exact) mass is 324 g/mol. The van der Waals surface area contributed by atoms with Crippen LogP contribution in [-0.4, -0.2) is 43.3 Å². The molecule has 1 amide bonds. The van der Waals surface area contributed by atoms with Gasteiger partial charge in [0.15, 0.2) is 0 Å². The zero-order valence-corrected chi connectivity index (χ0v) is 12.8. The first kappa shape index (κ1) is 17.8. The van der Waals surface area contributed by atoms with E-state index in [9.17, 15) is 18.0 Å². The van der Waals surface area contributed by atoms with E-state index in [2.05, 4.69) is 0 Å². The van der Waals surface area contributed by atoms with Crippen molar-refractivity contribution in [1.82, 2.24) is 4.90 Å². The van der Waals surface area contributed by atoms with Crippen molar-refractivity contribution in [2.45, 2.75) is 26.4 Å². The van der Waals surface area contributed by atoms with Gasteiger partial charge in [0.05, 0.1) is 4.88 Å². The van der Waals surface area contributed by atoms with Gasteiger partial charge in [0.1, 0.15) is 6.54 Å². The van der Waals surface area contributed by atoms with Gasteiger partial charge in [0, 0.05) is 30.3 Å². The number of thiophene rings is 1. The second-order valence-electron chi connectivity index (χ2n) is 4.51. The highest BCUT2D eigenvalue weighted by Crippen LogP contribution is 2.26. The molecule has 2 N–H and O–H groups in total. The van der Waals surface area contributed by atoms with Gasteiger partial charge in [-0.15, -0.1) is 11.3 Å². The number of aryl methyl sites for hydroxylation is 1. The fourth-order valence-corrected chi connectivity index (χ4v) is 2.64. The Morgan fingerprint density at radius 3 is 2.62 bits per heavy atom. The zero-order chi connectivity index (χ0) is 16.0. The van der Waals surface area contributed by atoms with Crippen LogP contribution >= 0.6 is 11.3 Å². The van der Waals surface area contributed by atoms with Crippen LogP contribution in [-0.2, 0) is 4.74 Å². The van der Waals surface area contributed by atoms with Crippen LogP contribution in [0, 0.1) is 6.92 Å². The number of halogens is 3. The first-order chi connectivity index (χ1) is 9.74. The smallest absolute Gasteiger partial charge is 0.398 e. The fourth-order valence-electron chi connectivity index (χ4n) is 1.73. The maximum atomic E-state index is 12.6. The molecule has 0 bridgehead atoms. The molecule has 0 unspecified atom stereocenters. The number of anilines is 1. The van der Waals surface area contributed by atoms with Crippen molar-refractivity contribution in [3.8, 4) is 0 Å². The minimum Gasteiger partial charge on any atom is -0.398 e. The van der Waals surface area contributed by atoms with Gasteiger partial charge in [0.2, 0.25) is 0 Å². The Bertz CT molecular complexity index is 455. The summed E-state index contributed by atoms with van der Waals surface area (Å²) in [5.41, 5.74) is 6.06. The highest BCUT2D eigenvalue weighted by molar-refractivity contribution is 7.14. The Kier molecular flexibility index (Phi) is 6.47. The lowest BCUT2D eigenvalue weighted by atomic mass is 10.3.